The van der Waals surface area contributed by atoms with Crippen LogP contribution in [0.15, 0.2) is 48.5 Å². The second kappa shape index (κ2) is 8.34. The maximum absolute atomic E-state index is 13.4. The van der Waals surface area contributed by atoms with E-state index in [1.807, 2.05) is 18.2 Å². The molecule has 2 fully saturated rings. The van der Waals surface area contributed by atoms with Crippen LogP contribution in [0.4, 0.5) is 0 Å². The normalized spacial score (nSPS) is 26.0. The first kappa shape index (κ1) is 20.6. The van der Waals surface area contributed by atoms with Crippen LogP contribution in [0.2, 0.25) is 0 Å². The van der Waals surface area contributed by atoms with Gasteiger partial charge in [0.15, 0.2) is 0 Å². The van der Waals surface area contributed by atoms with Gasteiger partial charge in [0.2, 0.25) is 11.8 Å². The molecule has 3 atom stereocenters. The Balaban J connectivity index is 1.41. The summed E-state index contributed by atoms with van der Waals surface area (Å²) in [7, 11) is 0. The molecule has 1 N–H and O–H groups in total. The number of benzene rings is 2. The maximum Gasteiger partial charge on any atom is 0.262 e. The lowest BCUT2D eigenvalue weighted by Gasteiger charge is -2.28. The highest BCUT2D eigenvalue weighted by atomic mass is 16.2. The first-order chi connectivity index (χ1) is 15.5. The van der Waals surface area contributed by atoms with Gasteiger partial charge in [0.25, 0.3) is 11.8 Å². The zero-order valence-corrected chi connectivity index (χ0v) is 17.9. The van der Waals surface area contributed by atoms with Gasteiger partial charge in [-0.1, -0.05) is 48.9 Å². The number of amides is 4. The molecule has 6 heteroatoms. The van der Waals surface area contributed by atoms with E-state index in [0.29, 0.717) is 17.0 Å². The molecule has 2 aromatic rings. The Bertz CT molecular complexity index is 1090. The van der Waals surface area contributed by atoms with Gasteiger partial charge in [-0.15, -0.1) is 0 Å². The molecule has 2 aliphatic heterocycles. The first-order valence-electron chi connectivity index (χ1n) is 11.4. The van der Waals surface area contributed by atoms with Crippen molar-refractivity contribution in [1.29, 1.82) is 0 Å². The van der Waals surface area contributed by atoms with Gasteiger partial charge in [-0.3, -0.25) is 29.4 Å². The molecule has 5 rings (SSSR count). The zero-order valence-electron chi connectivity index (χ0n) is 17.9. The van der Waals surface area contributed by atoms with Crippen molar-refractivity contribution in [3.63, 3.8) is 0 Å². The minimum atomic E-state index is -0.926. The third kappa shape index (κ3) is 3.53. The van der Waals surface area contributed by atoms with Gasteiger partial charge in [0.1, 0.15) is 6.04 Å². The van der Waals surface area contributed by atoms with Gasteiger partial charge < -0.3 is 0 Å². The van der Waals surface area contributed by atoms with Crippen molar-refractivity contribution >= 4 is 23.6 Å². The van der Waals surface area contributed by atoms with Gasteiger partial charge in [-0.05, 0) is 61.1 Å². The summed E-state index contributed by atoms with van der Waals surface area (Å²) >= 11 is 0. The molecule has 3 aliphatic rings. The number of rotatable bonds is 3. The number of hydrogen-bond acceptors (Lipinski definition) is 4. The Morgan fingerprint density at radius 3 is 2.28 bits per heavy atom. The third-order valence-electron chi connectivity index (χ3n) is 7.18. The second-order valence-corrected chi connectivity index (χ2v) is 9.03. The summed E-state index contributed by atoms with van der Waals surface area (Å²) < 4.78 is 0. The van der Waals surface area contributed by atoms with Crippen LogP contribution in [0.5, 0.6) is 0 Å². The first-order valence-corrected chi connectivity index (χ1v) is 11.4. The SMILES string of the molecule is O=C1CCC(N2C(=O)c3cccc(C4CCCC(c5ccccc5)CC4)c3C2=O)C(=O)N1. The molecule has 1 aliphatic carbocycles. The minimum Gasteiger partial charge on any atom is -0.295 e. The minimum absolute atomic E-state index is 0.125. The van der Waals surface area contributed by atoms with Gasteiger partial charge in [0.05, 0.1) is 11.1 Å². The molecule has 164 valence electrons. The average molecular weight is 431 g/mol. The number of imide groups is 2. The summed E-state index contributed by atoms with van der Waals surface area (Å²) in [5, 5.41) is 2.26. The molecule has 1 saturated heterocycles. The van der Waals surface area contributed by atoms with Crippen LogP contribution in [0.1, 0.15) is 88.6 Å². The van der Waals surface area contributed by atoms with E-state index in [-0.39, 0.29) is 24.7 Å². The van der Waals surface area contributed by atoms with Crippen LogP contribution in [-0.2, 0) is 9.59 Å². The smallest absolute Gasteiger partial charge is 0.262 e. The van der Waals surface area contributed by atoms with Gasteiger partial charge in [-0.25, -0.2) is 0 Å². The zero-order chi connectivity index (χ0) is 22.2. The predicted molar refractivity (Wildman–Crippen MR) is 118 cm³/mol. The third-order valence-corrected chi connectivity index (χ3v) is 7.18. The van der Waals surface area contributed by atoms with Crippen molar-refractivity contribution < 1.29 is 19.2 Å². The molecule has 32 heavy (non-hydrogen) atoms. The summed E-state index contributed by atoms with van der Waals surface area (Å²) in [6.45, 7) is 0. The molecule has 0 bridgehead atoms. The molecular weight excluding hydrogens is 404 g/mol. The van der Waals surface area contributed by atoms with E-state index in [1.165, 1.54) is 5.56 Å². The van der Waals surface area contributed by atoms with E-state index < -0.39 is 23.8 Å². The second-order valence-electron chi connectivity index (χ2n) is 9.03. The monoisotopic (exact) mass is 430 g/mol. The standard InChI is InChI=1S/C26H26N2O4/c29-22-15-14-21(24(30)27-22)28-25(31)20-11-5-10-19(23(20)26(28)32)18-9-4-8-17(12-13-18)16-6-2-1-3-7-16/h1-3,5-7,10-11,17-18,21H,4,8-9,12-15H2,(H,27,29,30). The highest BCUT2D eigenvalue weighted by Crippen LogP contribution is 2.41. The fourth-order valence-electron chi connectivity index (χ4n) is 5.55. The molecule has 1 saturated carbocycles. The predicted octanol–water partition coefficient (Wildman–Crippen LogP) is 3.92. The highest BCUT2D eigenvalue weighted by Gasteiger charge is 2.46. The quantitative estimate of drug-likeness (QED) is 0.591. The Hall–Kier alpha value is -3.28. The van der Waals surface area contributed by atoms with E-state index in [9.17, 15) is 19.2 Å². The molecule has 3 unspecified atom stereocenters. The van der Waals surface area contributed by atoms with Crippen LogP contribution >= 0.6 is 0 Å². The van der Waals surface area contributed by atoms with Crippen LogP contribution in [0, 0.1) is 0 Å². The number of hydrogen-bond donors (Lipinski definition) is 1. The van der Waals surface area contributed by atoms with E-state index in [1.54, 1.807) is 6.07 Å². The number of nitrogens with zero attached hydrogens (tertiary/aromatic N) is 1. The molecular formula is C26H26N2O4. The van der Waals surface area contributed by atoms with Crippen molar-refractivity contribution in [1.82, 2.24) is 10.2 Å². The van der Waals surface area contributed by atoms with E-state index >= 15 is 0 Å². The molecule has 0 spiro atoms. The van der Waals surface area contributed by atoms with Crippen LogP contribution in [-0.4, -0.2) is 34.6 Å². The fraction of sp³-hybridized carbons (Fsp3) is 0.385. The molecule has 2 heterocycles. The van der Waals surface area contributed by atoms with Crippen molar-refractivity contribution in [2.45, 2.75) is 62.8 Å². The van der Waals surface area contributed by atoms with Gasteiger partial charge >= 0.3 is 0 Å². The van der Waals surface area contributed by atoms with E-state index in [0.717, 1.165) is 42.6 Å². The number of piperidine rings is 1. The number of carbonyl (C=O) groups is 4. The Kier molecular flexibility index (Phi) is 5.37. The molecule has 2 aromatic carbocycles. The Morgan fingerprint density at radius 1 is 0.750 bits per heavy atom. The lowest BCUT2D eigenvalue weighted by molar-refractivity contribution is -0.136. The summed E-state index contributed by atoms with van der Waals surface area (Å²) in [6.07, 6.45) is 5.44. The van der Waals surface area contributed by atoms with Gasteiger partial charge in [-0.2, -0.15) is 0 Å². The highest BCUT2D eigenvalue weighted by molar-refractivity contribution is 6.24. The molecule has 0 radical (unpaired) electrons. The van der Waals surface area contributed by atoms with Crippen molar-refractivity contribution in [2.75, 3.05) is 0 Å². The van der Waals surface area contributed by atoms with Crippen molar-refractivity contribution in [3.8, 4) is 0 Å². The lowest BCUT2D eigenvalue weighted by Crippen LogP contribution is -2.54. The van der Waals surface area contributed by atoms with Crippen molar-refractivity contribution in [3.05, 3.63) is 70.8 Å². The van der Waals surface area contributed by atoms with Gasteiger partial charge in [0, 0.05) is 6.42 Å². The summed E-state index contributed by atoms with van der Waals surface area (Å²) in [5.74, 6) is -1.06. The van der Waals surface area contributed by atoms with Crippen LogP contribution in [0.3, 0.4) is 0 Å². The molecule has 4 amide bonds. The Labute approximate surface area is 187 Å². The lowest BCUT2D eigenvalue weighted by atomic mass is 9.86. The fourth-order valence-corrected chi connectivity index (χ4v) is 5.55. The average Bonchev–Trinajstić information content (AvgIpc) is 2.96. The van der Waals surface area contributed by atoms with E-state index in [2.05, 4.69) is 29.6 Å². The maximum atomic E-state index is 13.4. The molecule has 6 nitrogen and oxygen atoms in total. The summed E-state index contributed by atoms with van der Waals surface area (Å²) in [6, 6.07) is 15.1. The molecule has 0 aromatic heterocycles. The van der Waals surface area contributed by atoms with E-state index in [4.69, 9.17) is 0 Å². The summed E-state index contributed by atoms with van der Waals surface area (Å²) in [4.78, 5) is 51.5. The Morgan fingerprint density at radius 2 is 1.50 bits per heavy atom. The van der Waals surface area contributed by atoms with Crippen LogP contribution < -0.4 is 5.32 Å². The number of nitrogens with one attached hydrogen (secondary N) is 1. The van der Waals surface area contributed by atoms with Crippen LogP contribution in [0.25, 0.3) is 0 Å². The summed E-state index contributed by atoms with van der Waals surface area (Å²) in [5.41, 5.74) is 3.11. The largest absolute Gasteiger partial charge is 0.295 e. The topological polar surface area (TPSA) is 83.6 Å². The number of fused-ring (bicyclic) bond motifs is 1. The van der Waals surface area contributed by atoms with Crippen molar-refractivity contribution in [2.24, 2.45) is 0 Å². The number of carbonyl (C=O) groups excluding carboxylic acids is 4.